The Balaban J connectivity index is 2.63. The first kappa shape index (κ1) is 12.7. The molecule has 0 saturated heterocycles. The van der Waals surface area contributed by atoms with E-state index in [1.54, 1.807) is 19.2 Å². The molecule has 1 unspecified atom stereocenters. The van der Waals surface area contributed by atoms with E-state index in [0.717, 1.165) is 0 Å². The van der Waals surface area contributed by atoms with Crippen molar-refractivity contribution < 1.29 is 9.53 Å². The first-order valence-electron chi connectivity index (χ1n) is 5.35. The molecule has 2 aromatic rings. The highest BCUT2D eigenvalue weighted by molar-refractivity contribution is 7.98. The normalized spacial score (nSPS) is 12.6. The molecule has 0 aliphatic carbocycles. The second kappa shape index (κ2) is 4.85. The zero-order chi connectivity index (χ0) is 13.3. The van der Waals surface area contributed by atoms with Crippen LogP contribution >= 0.6 is 11.8 Å². The van der Waals surface area contributed by atoms with Crippen LogP contribution in [0.1, 0.15) is 20.1 Å². The number of H-pyrrole nitrogens is 1. The Hall–Kier alpha value is -1.76. The fraction of sp³-hybridized carbons (Fsp3) is 0.364. The molecular weight excluding hydrogens is 254 g/mol. The maximum absolute atomic E-state index is 12.3. The Morgan fingerprint density at radius 3 is 2.94 bits per heavy atom. The van der Waals surface area contributed by atoms with Gasteiger partial charge in [-0.25, -0.2) is 9.55 Å². The molecule has 1 atom stereocenters. The zero-order valence-corrected chi connectivity index (χ0v) is 11.1. The number of fused-ring (bicyclic) bond motifs is 1. The number of nitrogens with zero attached hydrogens (tertiary/aromatic N) is 2. The van der Waals surface area contributed by atoms with E-state index >= 15 is 0 Å². The van der Waals surface area contributed by atoms with Gasteiger partial charge in [-0.05, 0) is 19.2 Å². The number of carbonyl (C=O) groups excluding carboxylic acids is 1. The molecule has 96 valence electrons. The molecule has 0 fully saturated rings. The predicted octanol–water partition coefficient (Wildman–Crippen LogP) is 1.53. The van der Waals surface area contributed by atoms with Gasteiger partial charge in [0.25, 0.3) is 5.56 Å². The maximum Gasteiger partial charge on any atom is 0.304 e. The second-order valence-corrected chi connectivity index (χ2v) is 4.50. The molecule has 7 heteroatoms. The average Bonchev–Trinajstić information content (AvgIpc) is 2.75. The molecule has 6 nitrogen and oxygen atoms in total. The topological polar surface area (TPSA) is 77.0 Å². The predicted molar refractivity (Wildman–Crippen MR) is 68.6 cm³/mol. The number of aromatic amines is 1. The smallest absolute Gasteiger partial charge is 0.304 e. The Kier molecular flexibility index (Phi) is 3.42. The lowest BCUT2D eigenvalue weighted by Gasteiger charge is -2.17. The van der Waals surface area contributed by atoms with Gasteiger partial charge in [-0.1, -0.05) is 11.8 Å². The van der Waals surface area contributed by atoms with Gasteiger partial charge in [-0.2, -0.15) is 0 Å². The highest BCUT2D eigenvalue weighted by atomic mass is 32.2. The van der Waals surface area contributed by atoms with E-state index in [4.69, 9.17) is 4.74 Å². The molecule has 0 amide bonds. The third-order valence-electron chi connectivity index (χ3n) is 2.47. The summed E-state index contributed by atoms with van der Waals surface area (Å²) < 4.78 is 6.42. The Morgan fingerprint density at radius 1 is 1.61 bits per heavy atom. The maximum atomic E-state index is 12.3. The molecule has 2 rings (SSSR count). The largest absolute Gasteiger partial charge is 0.442 e. The van der Waals surface area contributed by atoms with E-state index in [0.29, 0.717) is 16.2 Å². The minimum Gasteiger partial charge on any atom is -0.442 e. The monoisotopic (exact) mass is 267 g/mol. The summed E-state index contributed by atoms with van der Waals surface area (Å²) in [6.45, 7) is 2.95. The third kappa shape index (κ3) is 2.13. The molecule has 0 aromatic carbocycles. The summed E-state index contributed by atoms with van der Waals surface area (Å²) in [6, 6.07) is 1.66. The number of hydrogen-bond acceptors (Lipinski definition) is 5. The Labute approximate surface area is 107 Å². The van der Waals surface area contributed by atoms with Gasteiger partial charge in [0.15, 0.2) is 11.4 Å². The molecule has 2 heterocycles. The van der Waals surface area contributed by atoms with Crippen molar-refractivity contribution in [3.05, 3.63) is 22.6 Å². The summed E-state index contributed by atoms with van der Waals surface area (Å²) in [6.07, 6.45) is 2.79. The van der Waals surface area contributed by atoms with Crippen LogP contribution in [-0.2, 0) is 9.53 Å². The van der Waals surface area contributed by atoms with Crippen LogP contribution in [0.3, 0.4) is 0 Å². The van der Waals surface area contributed by atoms with Crippen LogP contribution in [0.4, 0.5) is 0 Å². The number of aromatic nitrogens is 3. The summed E-state index contributed by atoms with van der Waals surface area (Å²) in [5, 5.41) is 0.982. The van der Waals surface area contributed by atoms with E-state index in [-0.39, 0.29) is 5.56 Å². The second-order valence-electron chi connectivity index (χ2n) is 3.72. The molecule has 18 heavy (non-hydrogen) atoms. The van der Waals surface area contributed by atoms with Crippen LogP contribution in [0.15, 0.2) is 22.2 Å². The van der Waals surface area contributed by atoms with Gasteiger partial charge >= 0.3 is 5.97 Å². The van der Waals surface area contributed by atoms with Crippen molar-refractivity contribution in [1.82, 2.24) is 14.5 Å². The molecule has 1 N–H and O–H groups in total. The molecular formula is C11H13N3O3S. The number of carbonyl (C=O) groups is 1. The van der Waals surface area contributed by atoms with Gasteiger partial charge in [0, 0.05) is 13.1 Å². The van der Waals surface area contributed by atoms with Crippen LogP contribution < -0.4 is 5.56 Å². The van der Waals surface area contributed by atoms with Gasteiger partial charge in [0.1, 0.15) is 5.65 Å². The summed E-state index contributed by atoms with van der Waals surface area (Å²) in [5.74, 6) is -0.435. The molecule has 0 radical (unpaired) electrons. The lowest BCUT2D eigenvalue weighted by Crippen LogP contribution is -2.28. The fourth-order valence-corrected chi connectivity index (χ4v) is 2.36. The van der Waals surface area contributed by atoms with Gasteiger partial charge in [-0.3, -0.25) is 9.59 Å². The minimum atomic E-state index is -0.677. The van der Waals surface area contributed by atoms with Crippen molar-refractivity contribution in [2.45, 2.75) is 25.2 Å². The van der Waals surface area contributed by atoms with E-state index in [2.05, 4.69) is 9.97 Å². The lowest BCUT2D eigenvalue weighted by molar-refractivity contribution is -0.150. The van der Waals surface area contributed by atoms with Gasteiger partial charge in [0.2, 0.25) is 0 Å². The first-order chi connectivity index (χ1) is 8.54. The van der Waals surface area contributed by atoms with Crippen molar-refractivity contribution in [3.8, 4) is 0 Å². The van der Waals surface area contributed by atoms with E-state index < -0.39 is 12.2 Å². The molecule has 0 aliphatic rings. The molecule has 0 aliphatic heterocycles. The van der Waals surface area contributed by atoms with Crippen molar-refractivity contribution in [3.63, 3.8) is 0 Å². The Morgan fingerprint density at radius 2 is 2.33 bits per heavy atom. The van der Waals surface area contributed by atoms with Gasteiger partial charge < -0.3 is 9.72 Å². The standard InChI is InChI=1S/C11H13N3O3S/c1-6(17-7(2)15)14-10(16)8-4-5-12-9(8)13-11(14)18-3/h4-6,12H,1-3H3. The van der Waals surface area contributed by atoms with Crippen molar-refractivity contribution in [1.29, 1.82) is 0 Å². The van der Waals surface area contributed by atoms with Crippen molar-refractivity contribution in [2.75, 3.05) is 6.26 Å². The molecule has 0 spiro atoms. The average molecular weight is 267 g/mol. The summed E-state index contributed by atoms with van der Waals surface area (Å²) in [5.41, 5.74) is 0.315. The van der Waals surface area contributed by atoms with Gasteiger partial charge in [0.05, 0.1) is 5.39 Å². The number of thioether (sulfide) groups is 1. The Bertz CT molecular complexity index is 647. The van der Waals surface area contributed by atoms with Crippen LogP contribution in [-0.4, -0.2) is 26.8 Å². The van der Waals surface area contributed by atoms with E-state index in [1.807, 2.05) is 6.26 Å². The van der Waals surface area contributed by atoms with Gasteiger partial charge in [-0.15, -0.1) is 0 Å². The van der Waals surface area contributed by atoms with Crippen molar-refractivity contribution in [2.24, 2.45) is 0 Å². The molecule has 0 bridgehead atoms. The number of nitrogens with one attached hydrogen (secondary N) is 1. The van der Waals surface area contributed by atoms with Crippen LogP contribution in [0.25, 0.3) is 11.0 Å². The SMILES string of the molecule is CSc1nc2[nH]ccc2c(=O)n1C(C)OC(C)=O. The number of rotatable bonds is 3. The third-order valence-corrected chi connectivity index (χ3v) is 3.12. The fourth-order valence-electron chi connectivity index (χ4n) is 1.75. The summed E-state index contributed by atoms with van der Waals surface area (Å²) in [4.78, 5) is 30.5. The highest BCUT2D eigenvalue weighted by Crippen LogP contribution is 2.18. The van der Waals surface area contributed by atoms with Crippen LogP contribution in [0, 0.1) is 0 Å². The van der Waals surface area contributed by atoms with E-state index in [9.17, 15) is 9.59 Å². The lowest BCUT2D eigenvalue weighted by atomic mass is 10.4. The number of hydrogen-bond donors (Lipinski definition) is 1. The first-order valence-corrected chi connectivity index (χ1v) is 6.58. The van der Waals surface area contributed by atoms with Crippen molar-refractivity contribution >= 4 is 28.8 Å². The quantitative estimate of drug-likeness (QED) is 0.518. The number of esters is 1. The number of ether oxygens (including phenoxy) is 1. The van der Waals surface area contributed by atoms with Crippen LogP contribution in [0.2, 0.25) is 0 Å². The highest BCUT2D eigenvalue weighted by Gasteiger charge is 2.17. The van der Waals surface area contributed by atoms with E-state index in [1.165, 1.54) is 23.3 Å². The molecule has 2 aromatic heterocycles. The summed E-state index contributed by atoms with van der Waals surface area (Å²) >= 11 is 1.32. The van der Waals surface area contributed by atoms with Crippen LogP contribution in [0.5, 0.6) is 0 Å². The summed E-state index contributed by atoms with van der Waals surface area (Å²) in [7, 11) is 0. The minimum absolute atomic E-state index is 0.223. The zero-order valence-electron chi connectivity index (χ0n) is 10.3. The molecule has 0 saturated carbocycles.